The van der Waals surface area contributed by atoms with Gasteiger partial charge < -0.3 is 15.4 Å². The Labute approximate surface area is 115 Å². The van der Waals surface area contributed by atoms with Crippen LogP contribution in [-0.4, -0.2) is 37.7 Å². The first-order valence-corrected chi connectivity index (χ1v) is 6.80. The van der Waals surface area contributed by atoms with Gasteiger partial charge in [0, 0.05) is 12.6 Å². The molecule has 0 aliphatic carbocycles. The zero-order chi connectivity index (χ0) is 14.3. The molecule has 1 rings (SSSR count). The molecule has 0 saturated carbocycles. The summed E-state index contributed by atoms with van der Waals surface area (Å²) in [4.78, 5) is 2.20. The van der Waals surface area contributed by atoms with Gasteiger partial charge in [0.15, 0.2) is 0 Å². The molecule has 0 fully saturated rings. The summed E-state index contributed by atoms with van der Waals surface area (Å²) in [6, 6.07) is 6.36. The van der Waals surface area contributed by atoms with Crippen LogP contribution in [0.4, 0.5) is 4.39 Å². The van der Waals surface area contributed by atoms with Crippen molar-refractivity contribution in [2.45, 2.75) is 32.4 Å². The maximum absolute atomic E-state index is 12.8. The summed E-state index contributed by atoms with van der Waals surface area (Å²) >= 11 is 0. The molecule has 0 aliphatic heterocycles. The number of rotatable bonds is 8. The molecule has 0 radical (unpaired) electrons. The largest absolute Gasteiger partial charge is 0.377 e. The van der Waals surface area contributed by atoms with Crippen molar-refractivity contribution in [1.82, 2.24) is 4.90 Å². The van der Waals surface area contributed by atoms with E-state index in [-0.39, 0.29) is 18.0 Å². The van der Waals surface area contributed by atoms with Crippen LogP contribution in [0, 0.1) is 5.82 Å². The Hall–Kier alpha value is -0.970. The van der Waals surface area contributed by atoms with Crippen LogP contribution >= 0.6 is 0 Å². The highest BCUT2D eigenvalue weighted by molar-refractivity contribution is 5.19. The fraction of sp³-hybridized carbons (Fsp3) is 0.600. The van der Waals surface area contributed by atoms with E-state index in [1.807, 2.05) is 13.8 Å². The predicted molar refractivity (Wildman–Crippen MR) is 76.5 cm³/mol. The Morgan fingerprint density at radius 2 is 1.84 bits per heavy atom. The molecule has 0 saturated heterocycles. The highest BCUT2D eigenvalue weighted by Gasteiger charge is 2.08. The molecule has 0 bridgehead atoms. The van der Waals surface area contributed by atoms with Gasteiger partial charge in [-0.25, -0.2) is 4.39 Å². The highest BCUT2D eigenvalue weighted by Crippen LogP contribution is 2.14. The quantitative estimate of drug-likeness (QED) is 0.787. The number of benzene rings is 1. The van der Waals surface area contributed by atoms with Gasteiger partial charge in [-0.05, 0) is 51.6 Å². The third-order valence-corrected chi connectivity index (χ3v) is 3.04. The van der Waals surface area contributed by atoms with Gasteiger partial charge in [0.2, 0.25) is 0 Å². The first-order valence-electron chi connectivity index (χ1n) is 6.80. The Morgan fingerprint density at radius 1 is 1.21 bits per heavy atom. The van der Waals surface area contributed by atoms with Crippen molar-refractivity contribution in [3.05, 3.63) is 35.6 Å². The Kier molecular flexibility index (Phi) is 6.99. The lowest BCUT2D eigenvalue weighted by atomic mass is 10.0. The normalized spacial score (nSPS) is 13.2. The van der Waals surface area contributed by atoms with Crippen molar-refractivity contribution in [3.8, 4) is 0 Å². The van der Waals surface area contributed by atoms with E-state index in [4.69, 9.17) is 10.5 Å². The van der Waals surface area contributed by atoms with Gasteiger partial charge >= 0.3 is 0 Å². The van der Waals surface area contributed by atoms with E-state index in [1.165, 1.54) is 12.1 Å². The number of ether oxygens (including phenoxy) is 1. The van der Waals surface area contributed by atoms with Crippen LogP contribution in [0.15, 0.2) is 24.3 Å². The number of hydrogen-bond acceptors (Lipinski definition) is 3. The predicted octanol–water partition coefficient (Wildman–Crippen LogP) is 2.57. The van der Waals surface area contributed by atoms with Gasteiger partial charge in [-0.3, -0.25) is 0 Å². The molecule has 1 atom stereocenters. The van der Waals surface area contributed by atoms with Crippen molar-refractivity contribution in [2.24, 2.45) is 5.73 Å². The molecule has 0 amide bonds. The molecule has 0 aliphatic rings. The summed E-state index contributed by atoms with van der Waals surface area (Å²) in [6.07, 6.45) is 1.12. The van der Waals surface area contributed by atoms with Gasteiger partial charge in [-0.2, -0.15) is 0 Å². The van der Waals surface area contributed by atoms with E-state index in [2.05, 4.69) is 11.9 Å². The van der Waals surface area contributed by atoms with Gasteiger partial charge in [0.1, 0.15) is 5.82 Å². The van der Waals surface area contributed by atoms with E-state index in [0.29, 0.717) is 0 Å². The van der Waals surface area contributed by atoms with Gasteiger partial charge in [0.25, 0.3) is 0 Å². The molecule has 4 heteroatoms. The van der Waals surface area contributed by atoms with Crippen LogP contribution in [0.2, 0.25) is 0 Å². The van der Waals surface area contributed by atoms with E-state index < -0.39 is 0 Å². The number of nitrogens with zero attached hydrogens (tertiary/aromatic N) is 1. The Morgan fingerprint density at radius 3 is 2.42 bits per heavy atom. The Bertz CT molecular complexity index is 354. The summed E-state index contributed by atoms with van der Waals surface area (Å²) < 4.78 is 18.3. The lowest BCUT2D eigenvalue weighted by Crippen LogP contribution is -2.27. The van der Waals surface area contributed by atoms with Crippen LogP contribution < -0.4 is 5.73 Å². The molecule has 1 aromatic rings. The summed E-state index contributed by atoms with van der Waals surface area (Å²) in [7, 11) is 2.06. The SMILES string of the molecule is CC(C)OCCN(C)CCC(N)c1ccc(F)cc1. The fourth-order valence-corrected chi connectivity index (χ4v) is 1.79. The third-order valence-electron chi connectivity index (χ3n) is 3.04. The van der Waals surface area contributed by atoms with Crippen LogP contribution in [0.3, 0.4) is 0 Å². The molecule has 19 heavy (non-hydrogen) atoms. The number of hydrogen-bond donors (Lipinski definition) is 1. The van der Waals surface area contributed by atoms with Crippen LogP contribution in [0.25, 0.3) is 0 Å². The minimum Gasteiger partial charge on any atom is -0.377 e. The second-order valence-corrected chi connectivity index (χ2v) is 5.17. The summed E-state index contributed by atoms with van der Waals surface area (Å²) in [5, 5.41) is 0. The minimum atomic E-state index is -0.223. The average molecular weight is 268 g/mol. The van der Waals surface area contributed by atoms with Crippen LogP contribution in [-0.2, 0) is 4.74 Å². The molecule has 3 nitrogen and oxygen atoms in total. The molecular formula is C15H25FN2O. The zero-order valence-corrected chi connectivity index (χ0v) is 12.1. The van der Waals surface area contributed by atoms with Crippen molar-refractivity contribution in [3.63, 3.8) is 0 Å². The second kappa shape index (κ2) is 8.25. The smallest absolute Gasteiger partial charge is 0.123 e. The topological polar surface area (TPSA) is 38.5 Å². The molecule has 1 unspecified atom stereocenters. The minimum absolute atomic E-state index is 0.0472. The molecule has 0 spiro atoms. The van der Waals surface area contributed by atoms with Crippen molar-refractivity contribution in [2.75, 3.05) is 26.7 Å². The van der Waals surface area contributed by atoms with Gasteiger partial charge in [-0.15, -0.1) is 0 Å². The molecule has 0 heterocycles. The summed E-state index contributed by atoms with van der Waals surface area (Å²) in [5.41, 5.74) is 7.07. The molecule has 0 aromatic heterocycles. The van der Waals surface area contributed by atoms with E-state index >= 15 is 0 Å². The first kappa shape index (κ1) is 16.1. The first-order chi connectivity index (χ1) is 8.99. The van der Waals surface area contributed by atoms with Gasteiger partial charge in [0.05, 0.1) is 12.7 Å². The summed E-state index contributed by atoms with van der Waals surface area (Å²) in [6.45, 7) is 6.60. The summed E-state index contributed by atoms with van der Waals surface area (Å²) in [5.74, 6) is -0.223. The van der Waals surface area contributed by atoms with Gasteiger partial charge in [-0.1, -0.05) is 12.1 Å². The molecule has 2 N–H and O–H groups in total. The average Bonchev–Trinajstić information content (AvgIpc) is 2.36. The standard InChI is InChI=1S/C15H25FN2O/c1-12(2)19-11-10-18(3)9-8-15(17)13-4-6-14(16)7-5-13/h4-7,12,15H,8-11,17H2,1-3H3. The maximum Gasteiger partial charge on any atom is 0.123 e. The monoisotopic (exact) mass is 268 g/mol. The number of halogens is 1. The molecule has 108 valence electrons. The molecule has 1 aromatic carbocycles. The Balaban J connectivity index is 2.25. The zero-order valence-electron chi connectivity index (χ0n) is 12.1. The fourth-order valence-electron chi connectivity index (χ4n) is 1.79. The van der Waals surface area contributed by atoms with Crippen molar-refractivity contribution < 1.29 is 9.13 Å². The van der Waals surface area contributed by atoms with E-state index in [1.54, 1.807) is 12.1 Å². The van der Waals surface area contributed by atoms with Crippen LogP contribution in [0.1, 0.15) is 31.9 Å². The van der Waals surface area contributed by atoms with Crippen molar-refractivity contribution in [1.29, 1.82) is 0 Å². The van der Waals surface area contributed by atoms with E-state index in [9.17, 15) is 4.39 Å². The lowest BCUT2D eigenvalue weighted by molar-refractivity contribution is 0.0634. The van der Waals surface area contributed by atoms with Crippen molar-refractivity contribution >= 4 is 0 Å². The second-order valence-electron chi connectivity index (χ2n) is 5.17. The molecular weight excluding hydrogens is 243 g/mol. The maximum atomic E-state index is 12.8. The highest BCUT2D eigenvalue weighted by atomic mass is 19.1. The van der Waals surface area contributed by atoms with E-state index in [0.717, 1.165) is 31.7 Å². The lowest BCUT2D eigenvalue weighted by Gasteiger charge is -2.20. The number of likely N-dealkylation sites (N-methyl/N-ethyl adjacent to an activating group) is 1. The van der Waals surface area contributed by atoms with Crippen LogP contribution in [0.5, 0.6) is 0 Å². The third kappa shape index (κ3) is 6.66. The number of nitrogens with two attached hydrogens (primary N) is 1.